The van der Waals surface area contributed by atoms with Crippen LogP contribution in [0.25, 0.3) is 11.1 Å². The van der Waals surface area contributed by atoms with Gasteiger partial charge in [0.15, 0.2) is 0 Å². The highest BCUT2D eigenvalue weighted by Gasteiger charge is 2.14. The minimum absolute atomic E-state index is 0.306. The van der Waals surface area contributed by atoms with Crippen LogP contribution in [0, 0.1) is 13.8 Å². The van der Waals surface area contributed by atoms with Gasteiger partial charge in [0.2, 0.25) is 0 Å². The van der Waals surface area contributed by atoms with E-state index in [4.69, 9.17) is 11.6 Å². The molecule has 0 atom stereocenters. The third-order valence-electron chi connectivity index (χ3n) is 2.96. The molecule has 0 amide bonds. The monoisotopic (exact) mass is 260 g/mol. The van der Waals surface area contributed by atoms with Crippen LogP contribution in [0.2, 0.25) is 5.02 Å². The molecule has 18 heavy (non-hydrogen) atoms. The van der Waals surface area contributed by atoms with Crippen molar-refractivity contribution in [3.63, 3.8) is 0 Å². The molecule has 2 nitrogen and oxygen atoms in total. The number of carbonyl (C=O) groups is 1. The van der Waals surface area contributed by atoms with Gasteiger partial charge in [0.1, 0.15) is 0 Å². The summed E-state index contributed by atoms with van der Waals surface area (Å²) in [6.45, 7) is 3.77. The molecule has 3 heteroatoms. The molecule has 0 fully saturated rings. The lowest BCUT2D eigenvalue weighted by molar-refractivity contribution is 0.0697. The Balaban J connectivity index is 2.71. The van der Waals surface area contributed by atoms with E-state index in [1.807, 2.05) is 38.1 Å². The van der Waals surface area contributed by atoms with Gasteiger partial charge >= 0.3 is 5.97 Å². The van der Waals surface area contributed by atoms with Gasteiger partial charge in [-0.3, -0.25) is 0 Å². The van der Waals surface area contributed by atoms with Crippen molar-refractivity contribution in [2.45, 2.75) is 13.8 Å². The SMILES string of the molecule is Cc1ccc(-c2cccc(Cl)c2C)c(C(=O)O)c1. The van der Waals surface area contributed by atoms with Crippen molar-refractivity contribution in [3.8, 4) is 11.1 Å². The first kappa shape index (κ1) is 12.7. The largest absolute Gasteiger partial charge is 0.478 e. The fraction of sp³-hybridized carbons (Fsp3) is 0.133. The molecule has 0 saturated heterocycles. The first-order valence-electron chi connectivity index (χ1n) is 5.60. The van der Waals surface area contributed by atoms with Crippen LogP contribution in [0.5, 0.6) is 0 Å². The molecule has 0 aliphatic rings. The molecule has 2 rings (SSSR count). The van der Waals surface area contributed by atoms with E-state index >= 15 is 0 Å². The summed E-state index contributed by atoms with van der Waals surface area (Å²) < 4.78 is 0. The van der Waals surface area contributed by atoms with Gasteiger partial charge < -0.3 is 5.11 Å². The smallest absolute Gasteiger partial charge is 0.336 e. The Morgan fingerprint density at radius 3 is 2.50 bits per heavy atom. The molecule has 0 spiro atoms. The van der Waals surface area contributed by atoms with Gasteiger partial charge in [-0.15, -0.1) is 0 Å². The molecule has 92 valence electrons. The summed E-state index contributed by atoms with van der Waals surface area (Å²) >= 11 is 6.08. The molecule has 0 aliphatic carbocycles. The Kier molecular flexibility index (Phi) is 3.39. The van der Waals surface area contributed by atoms with Gasteiger partial charge in [0.05, 0.1) is 5.56 Å². The van der Waals surface area contributed by atoms with Gasteiger partial charge in [-0.05, 0) is 42.7 Å². The van der Waals surface area contributed by atoms with Crippen LogP contribution in [-0.2, 0) is 0 Å². The van der Waals surface area contributed by atoms with E-state index in [1.165, 1.54) is 0 Å². The molecule has 0 bridgehead atoms. The summed E-state index contributed by atoms with van der Waals surface area (Å²) in [5.74, 6) is -0.923. The second-order valence-corrected chi connectivity index (χ2v) is 4.67. The fourth-order valence-corrected chi connectivity index (χ4v) is 2.14. The normalized spacial score (nSPS) is 10.4. The maximum atomic E-state index is 11.3. The van der Waals surface area contributed by atoms with E-state index < -0.39 is 5.97 Å². The summed E-state index contributed by atoms with van der Waals surface area (Å²) in [6.07, 6.45) is 0. The molecule has 0 aliphatic heterocycles. The van der Waals surface area contributed by atoms with Crippen LogP contribution in [0.1, 0.15) is 21.5 Å². The van der Waals surface area contributed by atoms with Crippen molar-refractivity contribution in [1.29, 1.82) is 0 Å². The zero-order valence-electron chi connectivity index (χ0n) is 10.2. The zero-order chi connectivity index (χ0) is 13.3. The molecular weight excluding hydrogens is 248 g/mol. The van der Waals surface area contributed by atoms with Crippen molar-refractivity contribution >= 4 is 17.6 Å². The standard InChI is InChI=1S/C15H13ClO2/c1-9-6-7-12(13(8-9)15(17)18)11-4-3-5-14(16)10(11)2/h3-8H,1-2H3,(H,17,18). The van der Waals surface area contributed by atoms with E-state index in [-0.39, 0.29) is 0 Å². The topological polar surface area (TPSA) is 37.3 Å². The molecule has 0 radical (unpaired) electrons. The second kappa shape index (κ2) is 4.83. The lowest BCUT2D eigenvalue weighted by Crippen LogP contribution is -2.01. The Labute approximate surface area is 111 Å². The Morgan fingerprint density at radius 2 is 1.83 bits per heavy atom. The van der Waals surface area contributed by atoms with Crippen molar-refractivity contribution < 1.29 is 9.90 Å². The highest BCUT2D eigenvalue weighted by atomic mass is 35.5. The number of aryl methyl sites for hydroxylation is 1. The number of carboxylic acid groups (broad SMARTS) is 1. The summed E-state index contributed by atoms with van der Waals surface area (Å²) in [5, 5.41) is 9.92. The Morgan fingerprint density at radius 1 is 1.11 bits per heavy atom. The number of carboxylic acids is 1. The van der Waals surface area contributed by atoms with Crippen LogP contribution < -0.4 is 0 Å². The minimum Gasteiger partial charge on any atom is -0.478 e. The predicted octanol–water partition coefficient (Wildman–Crippen LogP) is 4.32. The van der Waals surface area contributed by atoms with Gasteiger partial charge in [0, 0.05) is 5.02 Å². The van der Waals surface area contributed by atoms with Crippen molar-refractivity contribution in [2.24, 2.45) is 0 Å². The van der Waals surface area contributed by atoms with Gasteiger partial charge in [-0.1, -0.05) is 41.4 Å². The molecular formula is C15H13ClO2. The molecule has 1 N–H and O–H groups in total. The summed E-state index contributed by atoms with van der Waals surface area (Å²) in [6, 6.07) is 10.9. The summed E-state index contributed by atoms with van der Waals surface area (Å²) in [4.78, 5) is 11.3. The zero-order valence-corrected chi connectivity index (χ0v) is 11.0. The molecule has 0 aromatic heterocycles. The number of aromatic carboxylic acids is 1. The van der Waals surface area contributed by atoms with Crippen LogP contribution in [0.4, 0.5) is 0 Å². The van der Waals surface area contributed by atoms with Crippen LogP contribution in [0.3, 0.4) is 0 Å². The summed E-state index contributed by atoms with van der Waals surface area (Å²) in [7, 11) is 0. The molecule has 2 aromatic rings. The predicted molar refractivity (Wildman–Crippen MR) is 73.3 cm³/mol. The molecule has 0 saturated carbocycles. The van der Waals surface area contributed by atoms with Crippen molar-refractivity contribution in [3.05, 3.63) is 58.1 Å². The van der Waals surface area contributed by atoms with E-state index in [9.17, 15) is 9.90 Å². The van der Waals surface area contributed by atoms with E-state index in [0.29, 0.717) is 16.1 Å². The van der Waals surface area contributed by atoms with Crippen molar-refractivity contribution in [2.75, 3.05) is 0 Å². The molecule has 2 aromatic carbocycles. The fourth-order valence-electron chi connectivity index (χ4n) is 1.97. The minimum atomic E-state index is -0.923. The number of rotatable bonds is 2. The van der Waals surface area contributed by atoms with E-state index in [0.717, 1.165) is 16.7 Å². The number of halogens is 1. The first-order chi connectivity index (χ1) is 8.50. The lowest BCUT2D eigenvalue weighted by atomic mass is 9.95. The number of hydrogen-bond acceptors (Lipinski definition) is 1. The average Bonchev–Trinajstić information content (AvgIpc) is 2.33. The lowest BCUT2D eigenvalue weighted by Gasteiger charge is -2.11. The quantitative estimate of drug-likeness (QED) is 0.873. The highest BCUT2D eigenvalue weighted by Crippen LogP contribution is 2.31. The molecule has 0 heterocycles. The molecule has 0 unspecified atom stereocenters. The third-order valence-corrected chi connectivity index (χ3v) is 3.37. The Hall–Kier alpha value is -1.80. The van der Waals surface area contributed by atoms with Crippen LogP contribution >= 0.6 is 11.6 Å². The van der Waals surface area contributed by atoms with Crippen LogP contribution in [0.15, 0.2) is 36.4 Å². The van der Waals surface area contributed by atoms with Gasteiger partial charge in [-0.25, -0.2) is 4.79 Å². The second-order valence-electron chi connectivity index (χ2n) is 4.27. The maximum Gasteiger partial charge on any atom is 0.336 e. The van der Waals surface area contributed by atoms with Gasteiger partial charge in [-0.2, -0.15) is 0 Å². The van der Waals surface area contributed by atoms with Crippen molar-refractivity contribution in [1.82, 2.24) is 0 Å². The number of hydrogen-bond donors (Lipinski definition) is 1. The van der Waals surface area contributed by atoms with Gasteiger partial charge in [0.25, 0.3) is 0 Å². The first-order valence-corrected chi connectivity index (χ1v) is 5.98. The average molecular weight is 261 g/mol. The highest BCUT2D eigenvalue weighted by molar-refractivity contribution is 6.31. The number of benzene rings is 2. The summed E-state index contributed by atoms with van der Waals surface area (Å²) in [5.41, 5.74) is 3.69. The van der Waals surface area contributed by atoms with E-state index in [2.05, 4.69) is 0 Å². The maximum absolute atomic E-state index is 11.3. The Bertz CT molecular complexity index is 618. The third kappa shape index (κ3) is 2.24. The van der Waals surface area contributed by atoms with Crippen LogP contribution in [-0.4, -0.2) is 11.1 Å². The van der Waals surface area contributed by atoms with E-state index in [1.54, 1.807) is 12.1 Å².